The number of ketones is 1. The number of halogens is 4. The van der Waals surface area contributed by atoms with Crippen LogP contribution in [0, 0.1) is 11.6 Å². The van der Waals surface area contributed by atoms with Crippen molar-refractivity contribution < 1.29 is 32.2 Å². The number of aliphatic hydroxyl groups is 1. The zero-order valence-corrected chi connectivity index (χ0v) is 12.2. The summed E-state index contributed by atoms with van der Waals surface area (Å²) in [4.78, 5) is 12.1. The fourth-order valence-corrected chi connectivity index (χ4v) is 2.15. The third kappa shape index (κ3) is 4.09. The van der Waals surface area contributed by atoms with E-state index in [0.717, 1.165) is 18.2 Å². The van der Waals surface area contributed by atoms with E-state index in [0.29, 0.717) is 6.07 Å². The predicted molar refractivity (Wildman–Crippen MR) is 76.6 cm³/mol. The Kier molecular flexibility index (Phi) is 5.53. The van der Waals surface area contributed by atoms with E-state index in [1.165, 1.54) is 12.1 Å². The molecule has 0 aliphatic rings. The van der Waals surface area contributed by atoms with Gasteiger partial charge in [-0.05, 0) is 29.8 Å². The van der Waals surface area contributed by atoms with Crippen LogP contribution in [0.4, 0.5) is 17.6 Å². The highest BCUT2D eigenvalue weighted by Gasteiger charge is 2.22. The molecule has 24 heavy (non-hydrogen) atoms. The zero-order chi connectivity index (χ0) is 17.9. The summed E-state index contributed by atoms with van der Waals surface area (Å²) in [6.07, 6.45) is -1.74. The third-order valence-corrected chi connectivity index (χ3v) is 3.23. The monoisotopic (exact) mass is 343 g/mol. The minimum absolute atomic E-state index is 0.0340. The molecule has 1 unspecified atom stereocenters. The summed E-state index contributed by atoms with van der Waals surface area (Å²) in [6.45, 7) is -3.23. The normalized spacial score (nSPS) is 12.3. The SMILES string of the molecule is NCc1cc(C(O)C(=O)c2cc(F)cc(F)c2)ccc1OC(F)F. The van der Waals surface area contributed by atoms with Crippen molar-refractivity contribution in [2.24, 2.45) is 5.73 Å². The first-order valence-corrected chi connectivity index (χ1v) is 6.78. The molecule has 2 aromatic carbocycles. The van der Waals surface area contributed by atoms with Crippen LogP contribution in [0.15, 0.2) is 36.4 Å². The van der Waals surface area contributed by atoms with Gasteiger partial charge in [0.1, 0.15) is 23.5 Å². The van der Waals surface area contributed by atoms with Crippen LogP contribution >= 0.6 is 0 Å². The number of hydrogen-bond donors (Lipinski definition) is 2. The lowest BCUT2D eigenvalue weighted by molar-refractivity contribution is -0.0504. The van der Waals surface area contributed by atoms with Gasteiger partial charge in [0.2, 0.25) is 0 Å². The molecule has 0 aromatic heterocycles. The fraction of sp³-hybridized carbons (Fsp3) is 0.188. The van der Waals surface area contributed by atoms with Gasteiger partial charge < -0.3 is 15.6 Å². The first-order valence-electron chi connectivity index (χ1n) is 6.78. The number of carbonyl (C=O) groups is 1. The third-order valence-electron chi connectivity index (χ3n) is 3.23. The highest BCUT2D eigenvalue weighted by Crippen LogP contribution is 2.27. The van der Waals surface area contributed by atoms with Gasteiger partial charge in [-0.25, -0.2) is 8.78 Å². The van der Waals surface area contributed by atoms with Crippen molar-refractivity contribution in [1.29, 1.82) is 0 Å². The number of nitrogens with two attached hydrogens (primary N) is 1. The van der Waals surface area contributed by atoms with Crippen molar-refractivity contribution in [2.75, 3.05) is 0 Å². The number of carbonyl (C=O) groups excluding carboxylic acids is 1. The van der Waals surface area contributed by atoms with Gasteiger partial charge in [-0.2, -0.15) is 8.78 Å². The van der Waals surface area contributed by atoms with Gasteiger partial charge in [-0.3, -0.25) is 4.79 Å². The lowest BCUT2D eigenvalue weighted by atomic mass is 9.98. The standard InChI is InChI=1S/C16H13F4NO3/c17-11-4-9(5-12(18)6-11)15(23)14(22)8-1-2-13(24-16(19)20)10(3-8)7-21/h1-6,14,16,22H,7,21H2. The largest absolute Gasteiger partial charge is 0.434 e. The molecule has 0 spiro atoms. The topological polar surface area (TPSA) is 72.5 Å². The van der Waals surface area contributed by atoms with Crippen molar-refractivity contribution in [3.63, 3.8) is 0 Å². The Balaban J connectivity index is 2.31. The van der Waals surface area contributed by atoms with Gasteiger partial charge in [-0.15, -0.1) is 0 Å². The Morgan fingerprint density at radius 1 is 1.12 bits per heavy atom. The van der Waals surface area contributed by atoms with Crippen LogP contribution in [-0.4, -0.2) is 17.5 Å². The molecule has 2 rings (SSSR count). The summed E-state index contributed by atoms with van der Waals surface area (Å²) in [5.74, 6) is -3.06. The molecular weight excluding hydrogens is 330 g/mol. The van der Waals surface area contributed by atoms with E-state index in [9.17, 15) is 27.5 Å². The van der Waals surface area contributed by atoms with Crippen LogP contribution in [0.1, 0.15) is 27.6 Å². The molecule has 4 nitrogen and oxygen atoms in total. The average Bonchev–Trinajstić information content (AvgIpc) is 2.52. The molecule has 128 valence electrons. The second-order valence-electron chi connectivity index (χ2n) is 4.87. The van der Waals surface area contributed by atoms with Crippen LogP contribution in [-0.2, 0) is 6.54 Å². The second kappa shape index (κ2) is 7.41. The number of rotatable bonds is 6. The smallest absolute Gasteiger partial charge is 0.387 e. The Bertz CT molecular complexity index is 732. The summed E-state index contributed by atoms with van der Waals surface area (Å²) in [5.41, 5.74) is 5.25. The van der Waals surface area contributed by atoms with E-state index in [-0.39, 0.29) is 29.0 Å². The number of hydrogen-bond acceptors (Lipinski definition) is 4. The van der Waals surface area contributed by atoms with E-state index < -0.39 is 30.1 Å². The molecule has 0 fully saturated rings. The average molecular weight is 343 g/mol. The molecule has 0 aliphatic heterocycles. The maximum absolute atomic E-state index is 13.2. The molecule has 2 aromatic rings. The van der Waals surface area contributed by atoms with Crippen molar-refractivity contribution in [3.8, 4) is 5.75 Å². The van der Waals surface area contributed by atoms with Gasteiger partial charge in [0.25, 0.3) is 0 Å². The van der Waals surface area contributed by atoms with Gasteiger partial charge in [0.05, 0.1) is 0 Å². The summed E-state index contributed by atoms with van der Waals surface area (Å²) >= 11 is 0. The molecule has 8 heteroatoms. The number of benzene rings is 2. The van der Waals surface area contributed by atoms with Crippen LogP contribution in [0.2, 0.25) is 0 Å². The van der Waals surface area contributed by atoms with Crippen molar-refractivity contribution in [1.82, 2.24) is 0 Å². The quantitative estimate of drug-likeness (QED) is 0.625. The van der Waals surface area contributed by atoms with E-state index in [2.05, 4.69) is 4.74 Å². The molecule has 3 N–H and O–H groups in total. The molecule has 0 bridgehead atoms. The molecule has 0 radical (unpaired) electrons. The number of aliphatic hydroxyl groups excluding tert-OH is 1. The summed E-state index contributed by atoms with van der Waals surface area (Å²) in [5, 5.41) is 10.1. The van der Waals surface area contributed by atoms with Crippen LogP contribution in [0.3, 0.4) is 0 Å². The minimum Gasteiger partial charge on any atom is -0.434 e. The summed E-state index contributed by atoms with van der Waals surface area (Å²) < 4.78 is 55.2. The molecular formula is C16H13F4NO3. The van der Waals surface area contributed by atoms with Crippen molar-refractivity contribution >= 4 is 5.78 Å². The van der Waals surface area contributed by atoms with Crippen molar-refractivity contribution in [3.05, 3.63) is 64.7 Å². The van der Waals surface area contributed by atoms with E-state index in [4.69, 9.17) is 5.73 Å². The van der Waals surface area contributed by atoms with E-state index >= 15 is 0 Å². The van der Waals surface area contributed by atoms with Crippen LogP contribution in [0.25, 0.3) is 0 Å². The maximum Gasteiger partial charge on any atom is 0.387 e. The van der Waals surface area contributed by atoms with Crippen LogP contribution in [0.5, 0.6) is 5.75 Å². The highest BCUT2D eigenvalue weighted by atomic mass is 19.3. The molecule has 0 saturated carbocycles. The Labute approximate surface area is 134 Å². The van der Waals surface area contributed by atoms with E-state index in [1.54, 1.807) is 0 Å². The van der Waals surface area contributed by atoms with Crippen molar-refractivity contribution in [2.45, 2.75) is 19.3 Å². The Hall–Kier alpha value is -2.45. The van der Waals surface area contributed by atoms with Gasteiger partial charge in [0, 0.05) is 23.7 Å². The maximum atomic E-state index is 13.2. The molecule has 0 amide bonds. The number of alkyl halides is 2. The second-order valence-corrected chi connectivity index (χ2v) is 4.87. The van der Waals surface area contributed by atoms with Gasteiger partial charge in [-0.1, -0.05) is 6.07 Å². The first kappa shape index (κ1) is 17.9. The fourth-order valence-electron chi connectivity index (χ4n) is 2.15. The van der Waals surface area contributed by atoms with Gasteiger partial charge >= 0.3 is 6.61 Å². The lowest BCUT2D eigenvalue weighted by Crippen LogP contribution is -2.14. The summed E-state index contributed by atoms with van der Waals surface area (Å²) in [6, 6.07) is 5.70. The molecule has 1 atom stereocenters. The Morgan fingerprint density at radius 2 is 1.75 bits per heavy atom. The number of ether oxygens (including phenoxy) is 1. The highest BCUT2D eigenvalue weighted by molar-refractivity contribution is 5.99. The Morgan fingerprint density at radius 3 is 2.29 bits per heavy atom. The van der Waals surface area contributed by atoms with Gasteiger partial charge in [0.15, 0.2) is 5.78 Å². The lowest BCUT2D eigenvalue weighted by Gasteiger charge is -2.14. The predicted octanol–water partition coefficient (Wildman–Crippen LogP) is 2.94. The first-order chi connectivity index (χ1) is 11.3. The van der Waals surface area contributed by atoms with E-state index in [1.807, 2.05) is 0 Å². The number of Topliss-reactive ketones (excluding diaryl/α,β-unsaturated/α-hetero) is 1. The summed E-state index contributed by atoms with van der Waals surface area (Å²) in [7, 11) is 0. The zero-order valence-electron chi connectivity index (χ0n) is 12.2. The molecule has 0 aliphatic carbocycles. The molecule has 0 saturated heterocycles. The van der Waals surface area contributed by atoms with Crippen LogP contribution < -0.4 is 10.5 Å². The minimum atomic E-state index is -3.05. The molecule has 0 heterocycles.